The van der Waals surface area contributed by atoms with Crippen molar-refractivity contribution in [2.24, 2.45) is 0 Å². The Balaban J connectivity index is 1.80. The van der Waals surface area contributed by atoms with Crippen LogP contribution in [0, 0.1) is 0 Å². The van der Waals surface area contributed by atoms with Crippen LogP contribution >= 0.6 is 0 Å². The highest BCUT2D eigenvalue weighted by molar-refractivity contribution is 5.97. The number of carbonyl (C=O) groups is 3. The normalized spacial score (nSPS) is 15.7. The summed E-state index contributed by atoms with van der Waals surface area (Å²) in [5.74, 6) is -0.618. The van der Waals surface area contributed by atoms with Crippen molar-refractivity contribution in [3.05, 3.63) is 29.8 Å². The van der Waals surface area contributed by atoms with Gasteiger partial charge in [-0.2, -0.15) is 0 Å². The number of hydrogen-bond acceptors (Lipinski definition) is 4. The zero-order valence-electron chi connectivity index (χ0n) is 17.1. The average Bonchev–Trinajstić information content (AvgIpc) is 2.68. The Labute approximate surface area is 167 Å². The van der Waals surface area contributed by atoms with Gasteiger partial charge in [0.05, 0.1) is 12.6 Å². The maximum Gasteiger partial charge on any atom is 0.321 e. The van der Waals surface area contributed by atoms with Gasteiger partial charge in [-0.15, -0.1) is 0 Å². The molecule has 3 N–H and O–H groups in total. The first-order valence-electron chi connectivity index (χ1n) is 10.1. The van der Waals surface area contributed by atoms with Crippen LogP contribution in [-0.2, 0) is 16.0 Å². The summed E-state index contributed by atoms with van der Waals surface area (Å²) in [5, 5.41) is 8.14. The molecule has 0 aliphatic heterocycles. The van der Waals surface area contributed by atoms with Crippen LogP contribution in [0.4, 0.5) is 10.5 Å². The SMILES string of the molecule is CCc1ccccc1NC(=O)CN(C)C(C)C(=O)NC(=O)NC1CCCCC1. The molecule has 1 unspecified atom stereocenters. The number of carbonyl (C=O) groups excluding carboxylic acids is 3. The van der Waals surface area contributed by atoms with Crippen LogP contribution in [0.3, 0.4) is 0 Å². The van der Waals surface area contributed by atoms with Gasteiger partial charge in [0.2, 0.25) is 11.8 Å². The van der Waals surface area contributed by atoms with Crippen LogP contribution in [0.2, 0.25) is 0 Å². The monoisotopic (exact) mass is 388 g/mol. The average molecular weight is 389 g/mol. The van der Waals surface area contributed by atoms with Gasteiger partial charge in [-0.3, -0.25) is 19.8 Å². The van der Waals surface area contributed by atoms with E-state index >= 15 is 0 Å². The lowest BCUT2D eigenvalue weighted by molar-refractivity contribution is -0.125. The van der Waals surface area contributed by atoms with Gasteiger partial charge in [-0.05, 0) is 44.9 Å². The third-order valence-electron chi connectivity index (χ3n) is 5.28. The van der Waals surface area contributed by atoms with E-state index in [2.05, 4.69) is 16.0 Å². The molecule has 2 rings (SSSR count). The number of rotatable bonds is 7. The van der Waals surface area contributed by atoms with Gasteiger partial charge in [0.15, 0.2) is 0 Å². The smallest absolute Gasteiger partial charge is 0.321 e. The Bertz CT molecular complexity index is 686. The van der Waals surface area contributed by atoms with Crippen molar-refractivity contribution >= 4 is 23.5 Å². The number of imide groups is 1. The first-order chi connectivity index (χ1) is 13.4. The van der Waals surface area contributed by atoms with Gasteiger partial charge in [-0.1, -0.05) is 44.4 Å². The van der Waals surface area contributed by atoms with E-state index in [-0.39, 0.29) is 18.5 Å². The minimum absolute atomic E-state index is 0.0525. The Morgan fingerprint density at radius 1 is 1.14 bits per heavy atom. The number of likely N-dealkylation sites (N-methyl/N-ethyl adjacent to an activating group) is 1. The first-order valence-corrected chi connectivity index (χ1v) is 10.1. The lowest BCUT2D eigenvalue weighted by atomic mass is 9.96. The van der Waals surface area contributed by atoms with E-state index in [0.29, 0.717) is 0 Å². The van der Waals surface area contributed by atoms with Crippen LogP contribution in [0.1, 0.15) is 51.5 Å². The van der Waals surface area contributed by atoms with Crippen LogP contribution in [0.5, 0.6) is 0 Å². The summed E-state index contributed by atoms with van der Waals surface area (Å²) in [7, 11) is 1.69. The number of anilines is 1. The van der Waals surface area contributed by atoms with Crippen molar-refractivity contribution in [3.63, 3.8) is 0 Å². The van der Waals surface area contributed by atoms with Crippen LogP contribution in [-0.4, -0.2) is 48.4 Å². The summed E-state index contributed by atoms with van der Waals surface area (Å²) in [4.78, 5) is 38.3. The van der Waals surface area contributed by atoms with E-state index in [1.807, 2.05) is 31.2 Å². The highest BCUT2D eigenvalue weighted by Crippen LogP contribution is 2.17. The summed E-state index contributed by atoms with van der Waals surface area (Å²) in [5.41, 5.74) is 1.84. The predicted octanol–water partition coefficient (Wildman–Crippen LogP) is 2.67. The molecule has 0 radical (unpaired) electrons. The minimum Gasteiger partial charge on any atom is -0.335 e. The molecule has 7 heteroatoms. The third-order valence-corrected chi connectivity index (χ3v) is 5.28. The molecule has 1 atom stereocenters. The molecular weight excluding hydrogens is 356 g/mol. The molecule has 1 aromatic carbocycles. The number of para-hydroxylation sites is 1. The molecule has 1 aliphatic rings. The number of urea groups is 1. The van der Waals surface area contributed by atoms with E-state index in [4.69, 9.17) is 0 Å². The predicted molar refractivity (Wildman–Crippen MR) is 110 cm³/mol. The van der Waals surface area contributed by atoms with Gasteiger partial charge in [0.25, 0.3) is 0 Å². The maximum atomic E-state index is 12.3. The second-order valence-electron chi connectivity index (χ2n) is 7.45. The number of hydrogen-bond donors (Lipinski definition) is 3. The molecule has 154 valence electrons. The Morgan fingerprint density at radius 2 is 1.82 bits per heavy atom. The van der Waals surface area contributed by atoms with E-state index < -0.39 is 18.0 Å². The van der Waals surface area contributed by atoms with Crippen LogP contribution in [0.25, 0.3) is 0 Å². The molecule has 0 spiro atoms. The van der Waals surface area contributed by atoms with E-state index in [9.17, 15) is 14.4 Å². The summed E-state index contributed by atoms with van der Waals surface area (Å²) in [6.45, 7) is 3.76. The highest BCUT2D eigenvalue weighted by Gasteiger charge is 2.23. The van der Waals surface area contributed by atoms with Crippen molar-refractivity contribution in [1.29, 1.82) is 0 Å². The number of nitrogens with one attached hydrogen (secondary N) is 3. The molecule has 1 fully saturated rings. The van der Waals surface area contributed by atoms with E-state index in [0.717, 1.165) is 43.4 Å². The summed E-state index contributed by atoms with van der Waals surface area (Å²) >= 11 is 0. The molecule has 0 aromatic heterocycles. The molecule has 1 aromatic rings. The molecule has 0 bridgehead atoms. The lowest BCUT2D eigenvalue weighted by Crippen LogP contribution is -2.51. The molecule has 28 heavy (non-hydrogen) atoms. The molecule has 0 heterocycles. The zero-order chi connectivity index (χ0) is 20.5. The fourth-order valence-corrected chi connectivity index (χ4v) is 3.39. The number of amides is 4. The minimum atomic E-state index is -0.607. The highest BCUT2D eigenvalue weighted by atomic mass is 16.2. The van der Waals surface area contributed by atoms with Gasteiger partial charge >= 0.3 is 6.03 Å². The largest absolute Gasteiger partial charge is 0.335 e. The molecule has 4 amide bonds. The Morgan fingerprint density at radius 3 is 2.50 bits per heavy atom. The quantitative estimate of drug-likeness (QED) is 0.670. The number of nitrogens with zero attached hydrogens (tertiary/aromatic N) is 1. The standard InChI is InChI=1S/C21H32N4O3/c1-4-16-10-8-9-13-18(16)23-19(26)14-25(3)15(2)20(27)24-21(28)22-17-11-6-5-7-12-17/h8-10,13,15,17H,4-7,11-12,14H2,1-3H3,(H,23,26)(H2,22,24,27,28). The van der Waals surface area contributed by atoms with Crippen LogP contribution in [0.15, 0.2) is 24.3 Å². The van der Waals surface area contributed by atoms with E-state index in [1.54, 1.807) is 18.9 Å². The van der Waals surface area contributed by atoms with Gasteiger partial charge in [0, 0.05) is 11.7 Å². The van der Waals surface area contributed by atoms with Crippen molar-refractivity contribution in [2.45, 2.75) is 64.5 Å². The maximum absolute atomic E-state index is 12.3. The second-order valence-corrected chi connectivity index (χ2v) is 7.45. The summed E-state index contributed by atoms with van der Waals surface area (Å²) in [6, 6.07) is 6.72. The lowest BCUT2D eigenvalue weighted by Gasteiger charge is -2.25. The Hall–Kier alpha value is -2.41. The van der Waals surface area contributed by atoms with Gasteiger partial charge in [-0.25, -0.2) is 4.79 Å². The van der Waals surface area contributed by atoms with Crippen molar-refractivity contribution in [1.82, 2.24) is 15.5 Å². The number of aryl methyl sites for hydroxylation is 1. The van der Waals surface area contributed by atoms with Crippen molar-refractivity contribution in [3.8, 4) is 0 Å². The van der Waals surface area contributed by atoms with E-state index in [1.165, 1.54) is 6.42 Å². The first kappa shape index (κ1) is 21.9. The second kappa shape index (κ2) is 10.8. The van der Waals surface area contributed by atoms with Gasteiger partial charge < -0.3 is 10.6 Å². The summed E-state index contributed by atoms with van der Waals surface area (Å²) in [6.07, 6.45) is 6.14. The fraction of sp³-hybridized carbons (Fsp3) is 0.571. The van der Waals surface area contributed by atoms with Crippen LogP contribution < -0.4 is 16.0 Å². The van der Waals surface area contributed by atoms with Crippen molar-refractivity contribution in [2.75, 3.05) is 18.9 Å². The fourth-order valence-electron chi connectivity index (χ4n) is 3.39. The van der Waals surface area contributed by atoms with Crippen molar-refractivity contribution < 1.29 is 14.4 Å². The zero-order valence-corrected chi connectivity index (χ0v) is 17.1. The van der Waals surface area contributed by atoms with Gasteiger partial charge in [0.1, 0.15) is 0 Å². The third kappa shape index (κ3) is 6.64. The molecule has 7 nitrogen and oxygen atoms in total. The topological polar surface area (TPSA) is 90.5 Å². The number of benzene rings is 1. The molecule has 1 saturated carbocycles. The molecular formula is C21H32N4O3. The summed E-state index contributed by atoms with van der Waals surface area (Å²) < 4.78 is 0. The molecule has 0 saturated heterocycles. The molecule has 1 aliphatic carbocycles. The Kier molecular flexibility index (Phi) is 8.44.